The maximum Gasteiger partial charge on any atom is 0.186 e. The van der Waals surface area contributed by atoms with Crippen LogP contribution in [0.15, 0.2) is 0 Å². The zero-order valence-electron chi connectivity index (χ0n) is 14.4. The maximum absolute atomic E-state index is 14.4. The molecule has 4 rings (SSSR count). The summed E-state index contributed by atoms with van der Waals surface area (Å²) in [6.07, 6.45) is 3.96. The number of halogens is 1. The molecule has 24 heavy (non-hydrogen) atoms. The molecule has 2 aromatic heterocycles. The van der Waals surface area contributed by atoms with Crippen LogP contribution in [0.3, 0.4) is 0 Å². The lowest BCUT2D eigenvalue weighted by molar-refractivity contribution is 0.455. The first-order valence-electron chi connectivity index (χ1n) is 8.75. The second-order valence-corrected chi connectivity index (χ2v) is 7.22. The van der Waals surface area contributed by atoms with Crippen molar-refractivity contribution in [2.45, 2.75) is 70.9 Å². The summed E-state index contributed by atoms with van der Waals surface area (Å²) in [5.74, 6) is 3.54. The number of fused-ring (bicyclic) bond motifs is 1. The van der Waals surface area contributed by atoms with E-state index >= 15 is 0 Å². The Morgan fingerprint density at radius 3 is 2.67 bits per heavy atom. The molecule has 0 saturated heterocycles. The van der Waals surface area contributed by atoms with Crippen molar-refractivity contribution in [3.8, 4) is 0 Å². The van der Waals surface area contributed by atoms with Gasteiger partial charge in [-0.25, -0.2) is 14.4 Å². The van der Waals surface area contributed by atoms with E-state index in [0.29, 0.717) is 23.3 Å². The van der Waals surface area contributed by atoms with Gasteiger partial charge in [0.1, 0.15) is 17.5 Å². The molecule has 2 aliphatic rings. The molecular formula is C17H23FN6. The molecule has 6 nitrogen and oxygen atoms in total. The Hall–Kier alpha value is -2.05. The summed E-state index contributed by atoms with van der Waals surface area (Å²) in [5, 5.41) is 11.9. The topological polar surface area (TPSA) is 68.5 Å². The van der Waals surface area contributed by atoms with Crippen molar-refractivity contribution in [3.05, 3.63) is 29.0 Å². The molecule has 1 aliphatic carbocycles. The van der Waals surface area contributed by atoms with Gasteiger partial charge in [0.05, 0.1) is 5.69 Å². The average molecular weight is 330 g/mol. The maximum atomic E-state index is 14.4. The largest absolute Gasteiger partial charge is 0.363 e. The molecule has 0 spiro atoms. The van der Waals surface area contributed by atoms with Gasteiger partial charge < -0.3 is 9.88 Å². The second kappa shape index (κ2) is 5.79. The van der Waals surface area contributed by atoms with E-state index in [4.69, 9.17) is 0 Å². The minimum atomic E-state index is -0.335. The number of nitrogens with zero attached hydrogens (tertiary/aromatic N) is 5. The van der Waals surface area contributed by atoms with Crippen LogP contribution in [0.5, 0.6) is 0 Å². The van der Waals surface area contributed by atoms with Crippen molar-refractivity contribution in [1.29, 1.82) is 0 Å². The van der Waals surface area contributed by atoms with Gasteiger partial charge in [-0.05, 0) is 26.2 Å². The SMILES string of the molecule is Cc1nc(C2CC2)nc(NC2CCc3nnc(C(C)C)n3C2)c1F. The highest BCUT2D eigenvalue weighted by Crippen LogP contribution is 2.39. The zero-order chi connectivity index (χ0) is 16.8. The quantitative estimate of drug-likeness (QED) is 0.933. The van der Waals surface area contributed by atoms with E-state index in [2.05, 4.69) is 43.9 Å². The van der Waals surface area contributed by atoms with Crippen LogP contribution in [-0.4, -0.2) is 30.8 Å². The molecule has 7 heteroatoms. The smallest absolute Gasteiger partial charge is 0.186 e. The second-order valence-electron chi connectivity index (χ2n) is 7.22. The minimum absolute atomic E-state index is 0.127. The molecule has 3 heterocycles. The minimum Gasteiger partial charge on any atom is -0.363 e. The van der Waals surface area contributed by atoms with E-state index in [1.807, 2.05) is 0 Å². The van der Waals surface area contributed by atoms with Crippen LogP contribution in [0, 0.1) is 12.7 Å². The van der Waals surface area contributed by atoms with Gasteiger partial charge in [0.15, 0.2) is 11.6 Å². The third-order valence-corrected chi connectivity index (χ3v) is 4.81. The zero-order valence-corrected chi connectivity index (χ0v) is 14.4. The van der Waals surface area contributed by atoms with Gasteiger partial charge in [0.25, 0.3) is 0 Å². The molecule has 0 amide bonds. The normalized spacial score (nSPS) is 20.3. The molecule has 1 aliphatic heterocycles. The summed E-state index contributed by atoms with van der Waals surface area (Å²) in [6.45, 7) is 6.69. The Kier molecular flexibility index (Phi) is 3.73. The van der Waals surface area contributed by atoms with Crippen LogP contribution < -0.4 is 5.32 Å². The number of aryl methyl sites for hydroxylation is 2. The molecule has 128 valence electrons. The van der Waals surface area contributed by atoms with E-state index in [0.717, 1.165) is 49.7 Å². The van der Waals surface area contributed by atoms with Crippen LogP contribution in [0.1, 0.15) is 68.1 Å². The third kappa shape index (κ3) is 2.76. The highest BCUT2D eigenvalue weighted by Gasteiger charge is 2.29. The van der Waals surface area contributed by atoms with Crippen LogP contribution in [0.2, 0.25) is 0 Å². The average Bonchev–Trinajstić information content (AvgIpc) is 3.31. The van der Waals surface area contributed by atoms with Gasteiger partial charge in [0, 0.05) is 30.8 Å². The molecule has 1 saturated carbocycles. The Balaban J connectivity index is 1.57. The van der Waals surface area contributed by atoms with Gasteiger partial charge in [0.2, 0.25) is 0 Å². The van der Waals surface area contributed by atoms with Crippen LogP contribution in [0.25, 0.3) is 0 Å². The number of anilines is 1. The monoisotopic (exact) mass is 330 g/mol. The summed E-state index contributed by atoms with van der Waals surface area (Å²) in [5.41, 5.74) is 0.429. The van der Waals surface area contributed by atoms with E-state index in [1.165, 1.54) is 0 Å². The van der Waals surface area contributed by atoms with Gasteiger partial charge in [-0.2, -0.15) is 0 Å². The highest BCUT2D eigenvalue weighted by atomic mass is 19.1. The Morgan fingerprint density at radius 1 is 1.17 bits per heavy atom. The van der Waals surface area contributed by atoms with E-state index in [-0.39, 0.29) is 11.9 Å². The van der Waals surface area contributed by atoms with Gasteiger partial charge >= 0.3 is 0 Å². The van der Waals surface area contributed by atoms with Crippen molar-refractivity contribution in [1.82, 2.24) is 24.7 Å². The Labute approximate surface area is 140 Å². The van der Waals surface area contributed by atoms with Crippen molar-refractivity contribution >= 4 is 5.82 Å². The third-order valence-electron chi connectivity index (χ3n) is 4.81. The molecule has 0 aromatic carbocycles. The fourth-order valence-corrected chi connectivity index (χ4v) is 3.29. The van der Waals surface area contributed by atoms with E-state index in [1.54, 1.807) is 6.92 Å². The van der Waals surface area contributed by atoms with Gasteiger partial charge in [-0.15, -0.1) is 10.2 Å². The fraction of sp³-hybridized carbons (Fsp3) is 0.647. The molecule has 0 bridgehead atoms. The van der Waals surface area contributed by atoms with Crippen LogP contribution in [-0.2, 0) is 13.0 Å². The molecule has 0 radical (unpaired) electrons. The molecule has 1 fully saturated rings. The molecular weight excluding hydrogens is 307 g/mol. The lowest BCUT2D eigenvalue weighted by Crippen LogP contribution is -2.33. The van der Waals surface area contributed by atoms with Crippen LogP contribution in [0.4, 0.5) is 10.2 Å². The molecule has 1 N–H and O–H groups in total. The van der Waals surface area contributed by atoms with E-state index < -0.39 is 0 Å². The number of hydrogen-bond donors (Lipinski definition) is 1. The van der Waals surface area contributed by atoms with Crippen molar-refractivity contribution in [2.24, 2.45) is 0 Å². The summed E-state index contributed by atoms with van der Waals surface area (Å²) < 4.78 is 16.6. The first kappa shape index (κ1) is 15.5. The molecule has 1 unspecified atom stereocenters. The first-order chi connectivity index (χ1) is 11.5. The summed E-state index contributed by atoms with van der Waals surface area (Å²) >= 11 is 0. The van der Waals surface area contributed by atoms with E-state index in [9.17, 15) is 4.39 Å². The predicted molar refractivity (Wildman–Crippen MR) is 88.5 cm³/mol. The predicted octanol–water partition coefficient (Wildman–Crippen LogP) is 2.94. The van der Waals surface area contributed by atoms with Crippen LogP contribution >= 0.6 is 0 Å². The number of rotatable bonds is 4. The Bertz CT molecular complexity index is 765. The van der Waals surface area contributed by atoms with Crippen molar-refractivity contribution < 1.29 is 4.39 Å². The number of aromatic nitrogens is 5. The number of hydrogen-bond acceptors (Lipinski definition) is 5. The summed E-state index contributed by atoms with van der Waals surface area (Å²) in [7, 11) is 0. The lowest BCUT2D eigenvalue weighted by Gasteiger charge is -2.26. The standard InChI is InChI=1S/C17H23FN6/c1-9(2)17-23-22-13-7-6-12(8-24(13)17)20-16-14(18)10(3)19-15(21-16)11-4-5-11/h9,11-12H,4-8H2,1-3H3,(H,19,20,21). The highest BCUT2D eigenvalue weighted by molar-refractivity contribution is 5.40. The van der Waals surface area contributed by atoms with Crippen molar-refractivity contribution in [3.63, 3.8) is 0 Å². The summed E-state index contributed by atoms with van der Waals surface area (Å²) in [6, 6.07) is 0.127. The Morgan fingerprint density at radius 2 is 1.96 bits per heavy atom. The molecule has 2 aromatic rings. The molecule has 1 atom stereocenters. The summed E-state index contributed by atoms with van der Waals surface area (Å²) in [4.78, 5) is 8.75. The van der Waals surface area contributed by atoms with Gasteiger partial charge in [-0.1, -0.05) is 13.8 Å². The fourth-order valence-electron chi connectivity index (χ4n) is 3.29. The first-order valence-corrected chi connectivity index (χ1v) is 8.75. The van der Waals surface area contributed by atoms with Gasteiger partial charge in [-0.3, -0.25) is 0 Å². The van der Waals surface area contributed by atoms with Crippen molar-refractivity contribution in [2.75, 3.05) is 5.32 Å². The lowest BCUT2D eigenvalue weighted by atomic mass is 10.1. The number of nitrogens with one attached hydrogen (secondary N) is 1.